The number of nitrogens with zero attached hydrogens (tertiary/aromatic N) is 3. The fourth-order valence-electron chi connectivity index (χ4n) is 3.95. The minimum absolute atomic E-state index is 0.00626. The van der Waals surface area contributed by atoms with Crippen LogP contribution in [0.4, 0.5) is 4.79 Å². The Kier molecular flexibility index (Phi) is 5.90. The lowest BCUT2D eigenvalue weighted by Crippen LogP contribution is -2.55. The van der Waals surface area contributed by atoms with E-state index in [0.717, 1.165) is 0 Å². The minimum atomic E-state index is -0.986. The average Bonchev–Trinajstić information content (AvgIpc) is 2.78. The molecule has 0 radical (unpaired) electrons. The molecule has 4 rings (SSSR count). The maximum absolute atomic E-state index is 13.1. The molecule has 0 unspecified atom stereocenters. The van der Waals surface area contributed by atoms with Crippen LogP contribution in [0.1, 0.15) is 22.8 Å². The van der Waals surface area contributed by atoms with E-state index in [1.165, 1.54) is 11.0 Å². The van der Waals surface area contributed by atoms with Gasteiger partial charge in [0.05, 0.1) is 22.8 Å². The van der Waals surface area contributed by atoms with Gasteiger partial charge in [-0.25, -0.2) is 9.78 Å². The number of hydrogen-bond donors (Lipinski definition) is 3. The molecule has 1 aromatic heterocycles. The first-order valence-corrected chi connectivity index (χ1v) is 10.5. The second-order valence-electron chi connectivity index (χ2n) is 7.80. The van der Waals surface area contributed by atoms with Gasteiger partial charge in [0.1, 0.15) is 5.75 Å². The third kappa shape index (κ3) is 4.06. The average molecular weight is 456 g/mol. The molecule has 0 bridgehead atoms. The van der Waals surface area contributed by atoms with Crippen molar-refractivity contribution >= 4 is 34.5 Å². The Hall–Kier alpha value is -3.36. The molecule has 0 aliphatic carbocycles. The fraction of sp³-hybridized carbons (Fsp3) is 0.261. The molecule has 1 fully saturated rings. The third-order valence-electron chi connectivity index (χ3n) is 5.71. The number of halogens is 1. The summed E-state index contributed by atoms with van der Waals surface area (Å²) in [5.41, 5.74) is 2.57. The van der Waals surface area contributed by atoms with Crippen molar-refractivity contribution in [1.29, 1.82) is 0 Å². The summed E-state index contributed by atoms with van der Waals surface area (Å²) >= 11 is 6.47. The van der Waals surface area contributed by atoms with Crippen LogP contribution in [0, 0.1) is 0 Å². The van der Waals surface area contributed by atoms with Gasteiger partial charge in [0.15, 0.2) is 0 Å². The van der Waals surface area contributed by atoms with E-state index < -0.39 is 6.09 Å². The highest BCUT2D eigenvalue weighted by Gasteiger charge is 2.30. The molecule has 3 aromatic rings. The standard InChI is InChI=1S/C23H22ClN3O5/c1-13-11-26(6-7-27(13)23(31)32)22(30)15-2-4-17-18(24)10-19(25-20(17)9-15)14-3-5-21(29)16(8-14)12-28/h2-5,8-10,13,28-29H,6-7,11-12H2,1H3,(H,31,32)/t13-/m0/s1. The number of aliphatic hydroxyl groups excluding tert-OH is 1. The van der Waals surface area contributed by atoms with E-state index in [4.69, 9.17) is 11.6 Å². The van der Waals surface area contributed by atoms with Crippen LogP contribution in [0.5, 0.6) is 5.75 Å². The number of pyridine rings is 1. The number of aromatic hydroxyl groups is 1. The van der Waals surface area contributed by atoms with Crippen LogP contribution in [-0.2, 0) is 6.61 Å². The van der Waals surface area contributed by atoms with E-state index >= 15 is 0 Å². The first-order chi connectivity index (χ1) is 15.3. The number of hydrogen-bond acceptors (Lipinski definition) is 5. The van der Waals surface area contributed by atoms with Gasteiger partial charge >= 0.3 is 6.09 Å². The Morgan fingerprint density at radius 2 is 1.94 bits per heavy atom. The third-order valence-corrected chi connectivity index (χ3v) is 6.03. The van der Waals surface area contributed by atoms with Crippen molar-refractivity contribution in [1.82, 2.24) is 14.8 Å². The normalized spacial score (nSPS) is 16.4. The molecular formula is C23H22ClN3O5. The molecule has 2 heterocycles. The largest absolute Gasteiger partial charge is 0.508 e. The molecule has 1 saturated heterocycles. The van der Waals surface area contributed by atoms with Crippen LogP contribution in [0.3, 0.4) is 0 Å². The lowest BCUT2D eigenvalue weighted by Gasteiger charge is -2.38. The van der Waals surface area contributed by atoms with Crippen LogP contribution in [-0.4, -0.2) is 67.8 Å². The number of carbonyl (C=O) groups is 2. The zero-order valence-electron chi connectivity index (χ0n) is 17.3. The number of aliphatic hydroxyl groups is 1. The van der Waals surface area contributed by atoms with Gasteiger partial charge in [0.25, 0.3) is 5.91 Å². The zero-order chi connectivity index (χ0) is 23.0. The number of carbonyl (C=O) groups excluding carboxylic acids is 1. The number of fused-ring (bicyclic) bond motifs is 1. The molecule has 2 aromatic carbocycles. The van der Waals surface area contributed by atoms with Crippen LogP contribution in [0.25, 0.3) is 22.2 Å². The van der Waals surface area contributed by atoms with Crippen molar-refractivity contribution < 1.29 is 24.9 Å². The first-order valence-electron chi connectivity index (χ1n) is 10.1. The van der Waals surface area contributed by atoms with Crippen molar-refractivity contribution in [3.8, 4) is 17.0 Å². The number of carboxylic acid groups (broad SMARTS) is 1. The van der Waals surface area contributed by atoms with Crippen LogP contribution in [0.15, 0.2) is 42.5 Å². The van der Waals surface area contributed by atoms with Gasteiger partial charge in [-0.15, -0.1) is 0 Å². The molecule has 1 atom stereocenters. The smallest absolute Gasteiger partial charge is 0.407 e. The molecule has 3 N–H and O–H groups in total. The van der Waals surface area contributed by atoms with Crippen molar-refractivity contribution in [2.45, 2.75) is 19.6 Å². The number of piperazine rings is 1. The SMILES string of the molecule is C[C@H]1CN(C(=O)c2ccc3c(Cl)cc(-c4ccc(O)c(CO)c4)nc3c2)CCN1C(=O)O. The van der Waals surface area contributed by atoms with Gasteiger partial charge in [-0.1, -0.05) is 17.7 Å². The van der Waals surface area contributed by atoms with Crippen molar-refractivity contribution in [2.75, 3.05) is 19.6 Å². The van der Waals surface area contributed by atoms with Crippen molar-refractivity contribution in [3.63, 3.8) is 0 Å². The maximum atomic E-state index is 13.1. The predicted octanol–water partition coefficient (Wildman–Crippen LogP) is 3.58. The number of aromatic nitrogens is 1. The summed E-state index contributed by atoms with van der Waals surface area (Å²) in [4.78, 5) is 32.0. The van der Waals surface area contributed by atoms with Crippen molar-refractivity contribution in [2.24, 2.45) is 0 Å². The number of benzene rings is 2. The predicted molar refractivity (Wildman–Crippen MR) is 120 cm³/mol. The van der Waals surface area contributed by atoms with Gasteiger partial charge < -0.3 is 25.1 Å². The lowest BCUT2D eigenvalue weighted by atomic mass is 10.0. The summed E-state index contributed by atoms with van der Waals surface area (Å²) in [6.45, 7) is 2.36. The lowest BCUT2D eigenvalue weighted by molar-refractivity contribution is 0.0507. The van der Waals surface area contributed by atoms with Gasteiger partial charge in [-0.2, -0.15) is 0 Å². The first kappa shape index (κ1) is 21.9. The number of amides is 2. The van der Waals surface area contributed by atoms with Crippen LogP contribution >= 0.6 is 11.6 Å². The maximum Gasteiger partial charge on any atom is 0.407 e. The minimum Gasteiger partial charge on any atom is -0.508 e. The molecule has 1 aliphatic heterocycles. The summed E-state index contributed by atoms with van der Waals surface area (Å²) in [6.07, 6.45) is -0.986. The van der Waals surface area contributed by atoms with Crippen LogP contribution in [0.2, 0.25) is 5.02 Å². The van der Waals surface area contributed by atoms with E-state index in [1.54, 1.807) is 48.2 Å². The van der Waals surface area contributed by atoms with Crippen LogP contribution < -0.4 is 0 Å². The molecule has 0 saturated carbocycles. The molecule has 8 nitrogen and oxygen atoms in total. The summed E-state index contributed by atoms with van der Waals surface area (Å²) in [5, 5.41) is 29.6. The molecule has 1 aliphatic rings. The molecule has 2 amide bonds. The Labute approximate surface area is 189 Å². The number of phenols is 1. The van der Waals surface area contributed by atoms with E-state index in [1.807, 2.05) is 0 Å². The monoisotopic (exact) mass is 455 g/mol. The van der Waals surface area contributed by atoms with Gasteiger partial charge in [0, 0.05) is 47.8 Å². The number of rotatable bonds is 3. The summed E-state index contributed by atoms with van der Waals surface area (Å²) in [6, 6.07) is 11.3. The molecule has 32 heavy (non-hydrogen) atoms. The summed E-state index contributed by atoms with van der Waals surface area (Å²) < 4.78 is 0. The second kappa shape index (κ2) is 8.64. The molecule has 0 spiro atoms. The Balaban J connectivity index is 1.66. The fourth-order valence-corrected chi connectivity index (χ4v) is 4.21. The van der Waals surface area contributed by atoms with Gasteiger partial charge in [-0.3, -0.25) is 4.79 Å². The van der Waals surface area contributed by atoms with E-state index in [9.17, 15) is 24.9 Å². The topological polar surface area (TPSA) is 114 Å². The quantitative estimate of drug-likeness (QED) is 0.556. The summed E-state index contributed by atoms with van der Waals surface area (Å²) in [7, 11) is 0. The van der Waals surface area contributed by atoms with Crippen molar-refractivity contribution in [3.05, 3.63) is 58.6 Å². The second-order valence-corrected chi connectivity index (χ2v) is 8.21. The molecule has 166 valence electrons. The Morgan fingerprint density at radius 1 is 1.16 bits per heavy atom. The zero-order valence-corrected chi connectivity index (χ0v) is 18.1. The van der Waals surface area contributed by atoms with Gasteiger partial charge in [0.2, 0.25) is 0 Å². The highest BCUT2D eigenvalue weighted by molar-refractivity contribution is 6.35. The summed E-state index contributed by atoms with van der Waals surface area (Å²) in [5.74, 6) is -0.201. The molecular weight excluding hydrogens is 434 g/mol. The van der Waals surface area contributed by atoms with E-state index in [-0.39, 0.29) is 30.9 Å². The Morgan fingerprint density at radius 3 is 2.62 bits per heavy atom. The highest BCUT2D eigenvalue weighted by atomic mass is 35.5. The Bertz CT molecular complexity index is 1220. The highest BCUT2D eigenvalue weighted by Crippen LogP contribution is 2.31. The molecule has 9 heteroatoms. The van der Waals surface area contributed by atoms with E-state index in [0.29, 0.717) is 51.4 Å². The van der Waals surface area contributed by atoms with Gasteiger partial charge in [-0.05, 0) is 43.3 Å². The van der Waals surface area contributed by atoms with E-state index in [2.05, 4.69) is 4.98 Å².